The van der Waals surface area contributed by atoms with Crippen LogP contribution < -0.4 is 9.64 Å². The lowest BCUT2D eigenvalue weighted by Gasteiger charge is -2.36. The van der Waals surface area contributed by atoms with Gasteiger partial charge in [-0.25, -0.2) is 14.4 Å². The summed E-state index contributed by atoms with van der Waals surface area (Å²) in [7, 11) is 0. The number of nitrogens with zero attached hydrogens (tertiary/aromatic N) is 4. The predicted octanol–water partition coefficient (Wildman–Crippen LogP) is 3.68. The second-order valence-corrected chi connectivity index (χ2v) is 9.43. The molecule has 1 amide bonds. The van der Waals surface area contributed by atoms with Crippen LogP contribution in [-0.2, 0) is 17.6 Å². The fraction of sp³-hybridized carbons (Fsp3) is 0.435. The molecule has 1 saturated heterocycles. The zero-order valence-corrected chi connectivity index (χ0v) is 18.3. The number of hydrogen-bond donors (Lipinski definition) is 0. The molecule has 0 radical (unpaired) electrons. The normalized spacial score (nSPS) is 18.8. The fourth-order valence-electron chi connectivity index (χ4n) is 4.44. The van der Waals surface area contributed by atoms with Crippen LogP contribution >= 0.6 is 11.3 Å². The summed E-state index contributed by atoms with van der Waals surface area (Å²) in [5.74, 6) is 0.932. The number of halogens is 1. The first-order valence-electron chi connectivity index (χ1n) is 10.7. The van der Waals surface area contributed by atoms with E-state index in [1.165, 1.54) is 28.9 Å². The van der Waals surface area contributed by atoms with Crippen LogP contribution in [-0.4, -0.2) is 53.6 Å². The Balaban J connectivity index is 1.22. The molecule has 31 heavy (non-hydrogen) atoms. The van der Waals surface area contributed by atoms with Gasteiger partial charge in [-0.05, 0) is 55.0 Å². The molecule has 1 atom stereocenters. The van der Waals surface area contributed by atoms with Gasteiger partial charge in [0.05, 0.1) is 5.39 Å². The monoisotopic (exact) mass is 440 g/mol. The van der Waals surface area contributed by atoms with Gasteiger partial charge in [0.25, 0.3) is 5.91 Å². The van der Waals surface area contributed by atoms with E-state index >= 15 is 0 Å². The molecule has 5 rings (SSSR count). The molecule has 8 heteroatoms. The molecule has 3 aromatic rings. The Kier molecular flexibility index (Phi) is 5.48. The van der Waals surface area contributed by atoms with E-state index in [0.717, 1.165) is 35.2 Å². The SMILES string of the molecule is CC1CCc2c(sc3ncnc(OCC(=O)N4CCN(c5ccc(F)cc5)CC4)c23)C1. The lowest BCUT2D eigenvalue weighted by molar-refractivity contribution is -0.133. The molecule has 1 aliphatic heterocycles. The molecule has 1 aliphatic carbocycles. The number of aromatic nitrogens is 2. The number of benzene rings is 1. The van der Waals surface area contributed by atoms with Crippen LogP contribution in [0.4, 0.5) is 10.1 Å². The topological polar surface area (TPSA) is 58.6 Å². The summed E-state index contributed by atoms with van der Waals surface area (Å²) in [6.07, 6.45) is 4.77. The first-order chi connectivity index (χ1) is 15.1. The molecular formula is C23H25FN4O2S. The van der Waals surface area contributed by atoms with Gasteiger partial charge in [0.2, 0.25) is 5.88 Å². The van der Waals surface area contributed by atoms with E-state index in [4.69, 9.17) is 4.74 Å². The minimum atomic E-state index is -0.241. The van der Waals surface area contributed by atoms with Crippen molar-refractivity contribution in [2.45, 2.75) is 26.2 Å². The largest absolute Gasteiger partial charge is 0.467 e. The van der Waals surface area contributed by atoms with Crippen molar-refractivity contribution in [2.75, 3.05) is 37.7 Å². The third-order valence-corrected chi connectivity index (χ3v) is 7.38. The number of hydrogen-bond acceptors (Lipinski definition) is 6. The summed E-state index contributed by atoms with van der Waals surface area (Å²) in [6.45, 7) is 4.92. The van der Waals surface area contributed by atoms with E-state index in [1.807, 2.05) is 4.90 Å². The molecule has 3 heterocycles. The Morgan fingerprint density at radius 1 is 1.19 bits per heavy atom. The fourth-order valence-corrected chi connectivity index (χ4v) is 5.78. The summed E-state index contributed by atoms with van der Waals surface area (Å²) in [6, 6.07) is 6.48. The number of carbonyl (C=O) groups excluding carboxylic acids is 1. The molecule has 0 N–H and O–H groups in total. The van der Waals surface area contributed by atoms with Crippen molar-refractivity contribution in [1.29, 1.82) is 0 Å². The molecule has 1 unspecified atom stereocenters. The number of fused-ring (bicyclic) bond motifs is 3. The van der Waals surface area contributed by atoms with E-state index < -0.39 is 0 Å². The van der Waals surface area contributed by atoms with E-state index in [0.29, 0.717) is 38.0 Å². The predicted molar refractivity (Wildman–Crippen MR) is 119 cm³/mol. The van der Waals surface area contributed by atoms with Gasteiger partial charge in [-0.1, -0.05) is 6.92 Å². The Labute approximate surface area is 184 Å². The van der Waals surface area contributed by atoms with Crippen LogP contribution in [0.5, 0.6) is 5.88 Å². The van der Waals surface area contributed by atoms with Gasteiger partial charge in [-0.15, -0.1) is 11.3 Å². The van der Waals surface area contributed by atoms with E-state index in [-0.39, 0.29) is 18.3 Å². The van der Waals surface area contributed by atoms with Crippen molar-refractivity contribution in [2.24, 2.45) is 5.92 Å². The maximum atomic E-state index is 13.1. The van der Waals surface area contributed by atoms with E-state index in [9.17, 15) is 9.18 Å². The highest BCUT2D eigenvalue weighted by molar-refractivity contribution is 7.18. The molecule has 1 aromatic carbocycles. The number of piperazine rings is 1. The molecule has 1 fully saturated rings. The Hall–Kier alpha value is -2.74. The van der Waals surface area contributed by atoms with Gasteiger partial charge in [0, 0.05) is 36.7 Å². The van der Waals surface area contributed by atoms with E-state index in [2.05, 4.69) is 21.8 Å². The second kappa shape index (κ2) is 8.42. The van der Waals surface area contributed by atoms with Crippen molar-refractivity contribution in [3.63, 3.8) is 0 Å². The van der Waals surface area contributed by atoms with Crippen LogP contribution in [0.1, 0.15) is 23.8 Å². The van der Waals surface area contributed by atoms with Gasteiger partial charge in [0.15, 0.2) is 6.61 Å². The zero-order valence-electron chi connectivity index (χ0n) is 17.5. The summed E-state index contributed by atoms with van der Waals surface area (Å²) in [4.78, 5) is 27.8. The molecule has 162 valence electrons. The average molecular weight is 441 g/mol. The van der Waals surface area contributed by atoms with Crippen LogP contribution in [0.3, 0.4) is 0 Å². The van der Waals surface area contributed by atoms with Gasteiger partial charge in [-0.2, -0.15) is 0 Å². The number of ether oxygens (including phenoxy) is 1. The minimum absolute atomic E-state index is 0.0241. The first-order valence-corrected chi connectivity index (χ1v) is 11.6. The number of aryl methyl sites for hydroxylation is 1. The molecule has 6 nitrogen and oxygen atoms in total. The average Bonchev–Trinajstić information content (AvgIpc) is 3.16. The summed E-state index contributed by atoms with van der Waals surface area (Å²) in [5, 5.41) is 0.989. The molecule has 0 saturated carbocycles. The molecule has 0 bridgehead atoms. The van der Waals surface area contributed by atoms with Crippen molar-refractivity contribution < 1.29 is 13.9 Å². The lowest BCUT2D eigenvalue weighted by Crippen LogP contribution is -2.50. The summed E-state index contributed by atoms with van der Waals surface area (Å²) < 4.78 is 19.1. The first kappa shape index (κ1) is 20.2. The standard InChI is InChI=1S/C23H25FN4O2S/c1-15-2-7-18-19(12-15)31-23-21(18)22(25-14-26-23)30-13-20(29)28-10-8-27(9-11-28)17-5-3-16(24)4-6-17/h3-6,14-15H,2,7-13H2,1H3. The Morgan fingerprint density at radius 2 is 1.97 bits per heavy atom. The summed E-state index contributed by atoms with van der Waals surface area (Å²) >= 11 is 1.72. The highest BCUT2D eigenvalue weighted by Crippen LogP contribution is 2.40. The van der Waals surface area contributed by atoms with Crippen molar-refractivity contribution >= 4 is 33.1 Å². The highest BCUT2D eigenvalue weighted by atomic mass is 32.1. The maximum Gasteiger partial charge on any atom is 0.260 e. The van der Waals surface area contributed by atoms with Gasteiger partial charge in [0.1, 0.15) is 17.0 Å². The maximum absolute atomic E-state index is 13.1. The molecular weight excluding hydrogens is 415 g/mol. The van der Waals surface area contributed by atoms with Crippen molar-refractivity contribution in [1.82, 2.24) is 14.9 Å². The molecule has 2 aromatic heterocycles. The number of amides is 1. The van der Waals surface area contributed by atoms with Crippen molar-refractivity contribution in [3.05, 3.63) is 46.9 Å². The van der Waals surface area contributed by atoms with Crippen LogP contribution in [0.2, 0.25) is 0 Å². The van der Waals surface area contributed by atoms with E-state index in [1.54, 1.807) is 23.5 Å². The zero-order chi connectivity index (χ0) is 21.4. The third-order valence-electron chi connectivity index (χ3n) is 6.21. The smallest absolute Gasteiger partial charge is 0.260 e. The van der Waals surface area contributed by atoms with Crippen LogP contribution in [0, 0.1) is 11.7 Å². The molecule has 0 spiro atoms. The quantitative estimate of drug-likeness (QED) is 0.619. The minimum Gasteiger partial charge on any atom is -0.467 e. The number of anilines is 1. The highest BCUT2D eigenvalue weighted by Gasteiger charge is 2.25. The lowest BCUT2D eigenvalue weighted by atomic mass is 9.89. The van der Waals surface area contributed by atoms with Gasteiger partial charge < -0.3 is 14.5 Å². The second-order valence-electron chi connectivity index (χ2n) is 8.34. The third kappa shape index (κ3) is 4.08. The van der Waals surface area contributed by atoms with Gasteiger partial charge in [-0.3, -0.25) is 4.79 Å². The Bertz CT molecular complexity index is 1090. The van der Waals surface area contributed by atoms with Crippen molar-refractivity contribution in [3.8, 4) is 5.88 Å². The van der Waals surface area contributed by atoms with Crippen LogP contribution in [0.25, 0.3) is 10.2 Å². The number of carbonyl (C=O) groups is 1. The summed E-state index contributed by atoms with van der Waals surface area (Å²) in [5.41, 5.74) is 2.28. The molecule has 2 aliphatic rings. The van der Waals surface area contributed by atoms with Gasteiger partial charge >= 0.3 is 0 Å². The van der Waals surface area contributed by atoms with Crippen LogP contribution in [0.15, 0.2) is 30.6 Å². The Morgan fingerprint density at radius 3 is 2.74 bits per heavy atom. The number of thiophene rings is 1. The number of rotatable bonds is 4.